The summed E-state index contributed by atoms with van der Waals surface area (Å²) in [7, 11) is 0. The van der Waals surface area contributed by atoms with Crippen molar-refractivity contribution in [2.75, 3.05) is 0 Å². The molecule has 2 aliphatic carbocycles. The van der Waals surface area contributed by atoms with Gasteiger partial charge in [0.1, 0.15) is 5.76 Å². The molecule has 1 saturated carbocycles. The largest absolute Gasteiger partial charge is 0.510 e. The Morgan fingerprint density at radius 3 is 2.03 bits per heavy atom. The molecule has 0 spiro atoms. The van der Waals surface area contributed by atoms with Gasteiger partial charge in [-0.1, -0.05) is 79.1 Å². The van der Waals surface area contributed by atoms with Crippen LogP contribution in [0.1, 0.15) is 91.4 Å². The molecule has 2 aliphatic rings. The third kappa shape index (κ3) is 4.60. The molecular formula is C33H42O4. The molecule has 3 unspecified atom stereocenters. The molecule has 0 aliphatic heterocycles. The Morgan fingerprint density at radius 2 is 1.49 bits per heavy atom. The van der Waals surface area contributed by atoms with E-state index in [-0.39, 0.29) is 35.9 Å². The number of benzene rings is 1. The number of aliphatic hydroxyl groups excluding tert-OH is 1. The lowest BCUT2D eigenvalue weighted by molar-refractivity contribution is -0.163. The highest BCUT2D eigenvalue weighted by Gasteiger charge is 2.74. The summed E-state index contributed by atoms with van der Waals surface area (Å²) in [5.74, 6) is -1.73. The Balaban J connectivity index is 2.46. The number of ketones is 3. The second-order valence-electron chi connectivity index (χ2n) is 12.1. The summed E-state index contributed by atoms with van der Waals surface area (Å²) in [6.07, 6.45) is 7.32. The van der Waals surface area contributed by atoms with Crippen LogP contribution in [0.3, 0.4) is 0 Å². The molecule has 1 fully saturated rings. The van der Waals surface area contributed by atoms with Gasteiger partial charge in [0, 0.05) is 11.1 Å². The van der Waals surface area contributed by atoms with Gasteiger partial charge in [-0.3, -0.25) is 14.4 Å². The predicted molar refractivity (Wildman–Crippen MR) is 149 cm³/mol. The van der Waals surface area contributed by atoms with E-state index in [1.54, 1.807) is 24.3 Å². The van der Waals surface area contributed by atoms with E-state index in [4.69, 9.17) is 0 Å². The van der Waals surface area contributed by atoms with Gasteiger partial charge in [0.2, 0.25) is 0 Å². The van der Waals surface area contributed by atoms with Gasteiger partial charge in [-0.15, -0.1) is 0 Å². The van der Waals surface area contributed by atoms with Crippen molar-refractivity contribution >= 4 is 17.3 Å². The fourth-order valence-electron chi connectivity index (χ4n) is 6.17. The predicted octanol–water partition coefficient (Wildman–Crippen LogP) is 7.92. The maximum absolute atomic E-state index is 14.8. The van der Waals surface area contributed by atoms with Gasteiger partial charge in [-0.25, -0.2) is 0 Å². The lowest BCUT2D eigenvalue weighted by Crippen LogP contribution is -2.68. The highest BCUT2D eigenvalue weighted by atomic mass is 16.3. The van der Waals surface area contributed by atoms with Crippen molar-refractivity contribution < 1.29 is 19.5 Å². The maximum Gasteiger partial charge on any atom is 0.184 e. The fraction of sp³-hybridized carbons (Fsp3) is 0.485. The van der Waals surface area contributed by atoms with E-state index < -0.39 is 27.8 Å². The number of Topliss-reactive ketones (excluding diaryl/α,β-unsaturated/α-hetero) is 3. The first kappa shape index (κ1) is 28.6. The average Bonchev–Trinajstić information content (AvgIpc) is 2.82. The van der Waals surface area contributed by atoms with Crippen LogP contribution >= 0.6 is 0 Å². The fourth-order valence-corrected chi connectivity index (χ4v) is 6.17. The van der Waals surface area contributed by atoms with Gasteiger partial charge < -0.3 is 5.11 Å². The second-order valence-corrected chi connectivity index (χ2v) is 12.1. The van der Waals surface area contributed by atoms with Crippen LogP contribution in [-0.2, 0) is 9.59 Å². The average molecular weight is 503 g/mol. The number of carbonyl (C=O) groups is 3. The standard InChI is InChI=1S/C33H42O4/c1-21(2)14-16-25-20-32(19-18-23(5)6)28(35)26(17-15-22(3)4)29(36)33(30(32)37,31(25,7)8)27(34)24-12-10-9-11-13-24/h9-15,18,25,36H,16-17,19-20H2,1-8H3. The molecule has 4 heteroatoms. The summed E-state index contributed by atoms with van der Waals surface area (Å²) in [6.45, 7) is 15.6. The molecule has 0 heterocycles. The molecule has 0 amide bonds. The third-order valence-electron chi connectivity index (χ3n) is 8.47. The van der Waals surface area contributed by atoms with Crippen LogP contribution in [0.2, 0.25) is 0 Å². The molecule has 0 saturated heterocycles. The molecule has 1 aromatic rings. The maximum atomic E-state index is 14.8. The summed E-state index contributed by atoms with van der Waals surface area (Å²) in [5, 5.41) is 12.0. The monoisotopic (exact) mass is 502 g/mol. The van der Waals surface area contributed by atoms with Crippen molar-refractivity contribution in [1.29, 1.82) is 0 Å². The number of rotatable bonds is 8. The number of hydrogen-bond donors (Lipinski definition) is 1. The van der Waals surface area contributed by atoms with Crippen LogP contribution < -0.4 is 0 Å². The molecule has 198 valence electrons. The topological polar surface area (TPSA) is 71.4 Å². The van der Waals surface area contributed by atoms with Crippen LogP contribution in [-0.4, -0.2) is 22.5 Å². The van der Waals surface area contributed by atoms with Crippen molar-refractivity contribution in [3.8, 4) is 0 Å². The Hall–Kier alpha value is -3.01. The molecule has 0 radical (unpaired) electrons. The van der Waals surface area contributed by atoms with E-state index in [2.05, 4.69) is 6.08 Å². The Labute approximate surface area is 222 Å². The second kappa shape index (κ2) is 10.4. The Kier molecular flexibility index (Phi) is 8.02. The van der Waals surface area contributed by atoms with Crippen molar-refractivity contribution in [1.82, 2.24) is 0 Å². The molecule has 3 atom stereocenters. The first-order chi connectivity index (χ1) is 17.2. The van der Waals surface area contributed by atoms with E-state index in [1.165, 1.54) is 0 Å². The SMILES string of the molecule is CC(C)=CCC1=C(O)C2(C(=O)c3ccccc3)C(=O)C(CC=C(C)C)(CC(CC=C(C)C)C2(C)C)C1=O. The smallest absolute Gasteiger partial charge is 0.184 e. The number of allylic oxidation sites excluding steroid dienone is 8. The van der Waals surface area contributed by atoms with Crippen LogP contribution in [0, 0.1) is 22.2 Å². The van der Waals surface area contributed by atoms with Gasteiger partial charge in [0.15, 0.2) is 22.8 Å². The zero-order valence-electron chi connectivity index (χ0n) is 23.7. The summed E-state index contributed by atoms with van der Waals surface area (Å²) >= 11 is 0. The van der Waals surface area contributed by atoms with Gasteiger partial charge in [-0.05, 0) is 78.6 Å². The van der Waals surface area contributed by atoms with E-state index in [0.29, 0.717) is 18.4 Å². The first-order valence-electron chi connectivity index (χ1n) is 13.3. The van der Waals surface area contributed by atoms with Crippen molar-refractivity contribution in [2.45, 2.75) is 81.1 Å². The van der Waals surface area contributed by atoms with Crippen molar-refractivity contribution in [3.05, 3.63) is 82.2 Å². The summed E-state index contributed by atoms with van der Waals surface area (Å²) < 4.78 is 0. The molecule has 37 heavy (non-hydrogen) atoms. The summed E-state index contributed by atoms with van der Waals surface area (Å²) in [5.41, 5.74) is -0.474. The molecule has 4 nitrogen and oxygen atoms in total. The number of fused-ring (bicyclic) bond motifs is 2. The highest BCUT2D eigenvalue weighted by Crippen LogP contribution is 2.66. The first-order valence-corrected chi connectivity index (χ1v) is 13.3. The lowest BCUT2D eigenvalue weighted by Gasteiger charge is -2.59. The van der Waals surface area contributed by atoms with Crippen LogP contribution in [0.25, 0.3) is 0 Å². The van der Waals surface area contributed by atoms with Crippen LogP contribution in [0.15, 0.2) is 76.6 Å². The van der Waals surface area contributed by atoms with Crippen molar-refractivity contribution in [3.63, 3.8) is 0 Å². The molecule has 1 aromatic carbocycles. The quantitative estimate of drug-likeness (QED) is 0.223. The summed E-state index contributed by atoms with van der Waals surface area (Å²) in [4.78, 5) is 43.6. The van der Waals surface area contributed by atoms with Gasteiger partial charge in [-0.2, -0.15) is 0 Å². The lowest BCUT2D eigenvalue weighted by atomic mass is 9.39. The van der Waals surface area contributed by atoms with E-state index in [1.807, 2.05) is 73.6 Å². The molecular weight excluding hydrogens is 460 g/mol. The number of aliphatic hydroxyl groups is 1. The summed E-state index contributed by atoms with van der Waals surface area (Å²) in [6, 6.07) is 8.73. The minimum Gasteiger partial charge on any atom is -0.510 e. The van der Waals surface area contributed by atoms with Crippen molar-refractivity contribution in [2.24, 2.45) is 22.2 Å². The van der Waals surface area contributed by atoms with Crippen LogP contribution in [0.5, 0.6) is 0 Å². The molecule has 1 N–H and O–H groups in total. The zero-order valence-corrected chi connectivity index (χ0v) is 23.7. The zero-order chi connectivity index (χ0) is 27.8. The Bertz CT molecular complexity index is 1210. The normalized spacial score (nSPS) is 26.4. The molecule has 0 aromatic heterocycles. The number of carbonyl (C=O) groups excluding carboxylic acids is 3. The van der Waals surface area contributed by atoms with Gasteiger partial charge in [0.05, 0.1) is 5.41 Å². The van der Waals surface area contributed by atoms with E-state index in [0.717, 1.165) is 16.7 Å². The number of hydrogen-bond acceptors (Lipinski definition) is 4. The molecule has 3 rings (SSSR count). The Morgan fingerprint density at radius 1 is 0.919 bits per heavy atom. The minimum atomic E-state index is -1.85. The van der Waals surface area contributed by atoms with Crippen LogP contribution in [0.4, 0.5) is 0 Å². The third-order valence-corrected chi connectivity index (χ3v) is 8.47. The molecule has 2 bridgehead atoms. The van der Waals surface area contributed by atoms with E-state index >= 15 is 0 Å². The van der Waals surface area contributed by atoms with E-state index in [9.17, 15) is 19.5 Å². The van der Waals surface area contributed by atoms with Gasteiger partial charge >= 0.3 is 0 Å². The highest BCUT2D eigenvalue weighted by molar-refractivity contribution is 6.29. The minimum absolute atomic E-state index is 0.172. The van der Waals surface area contributed by atoms with Gasteiger partial charge in [0.25, 0.3) is 0 Å².